The number of anilines is 1. The van der Waals surface area contributed by atoms with Crippen molar-refractivity contribution in [2.75, 3.05) is 64.0 Å². The van der Waals surface area contributed by atoms with Crippen LogP contribution in [-0.2, 0) is 23.9 Å². The summed E-state index contributed by atoms with van der Waals surface area (Å²) in [5.41, 5.74) is -0.517. The first kappa shape index (κ1) is 33.8. The van der Waals surface area contributed by atoms with Crippen LogP contribution in [0.4, 0.5) is 5.69 Å². The number of morpholine rings is 1. The Hall–Kier alpha value is -2.57. The first-order valence-electron chi connectivity index (χ1n) is 16.2. The number of likely N-dealkylation sites (tertiary alicyclic amines) is 1. The van der Waals surface area contributed by atoms with E-state index in [1.54, 1.807) is 26.9 Å². The molecule has 4 aliphatic rings. The van der Waals surface area contributed by atoms with E-state index in [9.17, 15) is 19.5 Å². The van der Waals surface area contributed by atoms with Gasteiger partial charge in [-0.05, 0) is 24.5 Å². The molecule has 4 saturated heterocycles. The number of ether oxygens (including phenoxy) is 2. The Morgan fingerprint density at radius 2 is 1.84 bits per heavy atom. The monoisotopic (exact) mass is 686 g/mol. The van der Waals surface area contributed by atoms with Gasteiger partial charge in [0.2, 0.25) is 17.7 Å². The number of hydrogen-bond donors (Lipinski definition) is 1. The summed E-state index contributed by atoms with van der Waals surface area (Å²) in [5, 5.41) is 10.7. The van der Waals surface area contributed by atoms with Crippen LogP contribution >= 0.6 is 15.9 Å². The van der Waals surface area contributed by atoms with Gasteiger partial charge in [0.05, 0.1) is 43.8 Å². The molecule has 2 bridgehead atoms. The lowest BCUT2D eigenvalue weighted by atomic mass is 9.70. The number of aliphatic hydroxyl groups is 1. The molecule has 3 amide bonds. The molecule has 0 aliphatic carbocycles. The molecule has 0 aromatic heterocycles. The molecule has 1 spiro atoms. The highest BCUT2D eigenvalue weighted by atomic mass is 79.9. The first-order chi connectivity index (χ1) is 21.7. The lowest BCUT2D eigenvalue weighted by Gasteiger charge is -2.41. The summed E-state index contributed by atoms with van der Waals surface area (Å²) < 4.78 is 12.3. The van der Waals surface area contributed by atoms with E-state index < -0.39 is 35.6 Å². The number of aliphatic hydroxyl groups excluding tert-OH is 1. The van der Waals surface area contributed by atoms with Crippen molar-refractivity contribution in [3.05, 3.63) is 55.6 Å². The number of amides is 3. The van der Waals surface area contributed by atoms with Crippen molar-refractivity contribution in [3.63, 3.8) is 0 Å². The zero-order valence-corrected chi connectivity index (χ0v) is 28.0. The predicted molar refractivity (Wildman–Crippen MR) is 176 cm³/mol. The number of carbonyl (C=O) groups is 3. The normalized spacial score (nSPS) is 30.5. The minimum Gasteiger partial charge on any atom is -0.394 e. The van der Waals surface area contributed by atoms with Gasteiger partial charge in [-0.15, -0.1) is 13.2 Å². The van der Waals surface area contributed by atoms with E-state index in [1.165, 1.54) is 0 Å². The van der Waals surface area contributed by atoms with Crippen molar-refractivity contribution in [2.24, 2.45) is 17.8 Å². The summed E-state index contributed by atoms with van der Waals surface area (Å²) in [6.45, 7) is 16.0. The summed E-state index contributed by atoms with van der Waals surface area (Å²) in [4.78, 5) is 51.1. The molecule has 4 fully saturated rings. The number of carbonyl (C=O) groups excluding carboxylic acids is 3. The maximum Gasteiger partial charge on any atom is 0.248 e. The molecule has 1 aromatic carbocycles. The van der Waals surface area contributed by atoms with Crippen LogP contribution < -0.4 is 4.90 Å². The molecule has 3 unspecified atom stereocenters. The minimum atomic E-state index is -1.22. The van der Waals surface area contributed by atoms with Crippen LogP contribution in [0.5, 0.6) is 0 Å². The van der Waals surface area contributed by atoms with Crippen LogP contribution in [0, 0.1) is 17.8 Å². The maximum atomic E-state index is 14.8. The summed E-state index contributed by atoms with van der Waals surface area (Å²) in [6, 6.07) is 7.74. The Kier molecular flexibility index (Phi) is 10.9. The number of hydrogen-bond acceptors (Lipinski definition) is 7. The highest BCUT2D eigenvalue weighted by Crippen LogP contribution is 2.61. The Balaban J connectivity index is 1.55. The molecule has 8 atom stereocenters. The molecule has 4 heterocycles. The molecule has 45 heavy (non-hydrogen) atoms. The molecular weight excluding hydrogens is 640 g/mol. The smallest absolute Gasteiger partial charge is 0.248 e. The van der Waals surface area contributed by atoms with E-state index in [0.29, 0.717) is 51.4 Å². The Bertz CT molecular complexity index is 1240. The quantitative estimate of drug-likeness (QED) is 0.237. The summed E-state index contributed by atoms with van der Waals surface area (Å²) >= 11 is 3.79. The van der Waals surface area contributed by atoms with E-state index in [-0.39, 0.29) is 41.6 Å². The predicted octanol–water partition coefficient (Wildman–Crippen LogP) is 2.71. The summed E-state index contributed by atoms with van der Waals surface area (Å²) in [6.07, 6.45) is 3.89. The number of alkyl halides is 1. The molecule has 10 nitrogen and oxygen atoms in total. The van der Waals surface area contributed by atoms with E-state index in [4.69, 9.17) is 9.47 Å². The maximum absolute atomic E-state index is 14.8. The van der Waals surface area contributed by atoms with E-state index in [2.05, 4.69) is 34.0 Å². The van der Waals surface area contributed by atoms with Crippen LogP contribution in [0.1, 0.15) is 26.7 Å². The van der Waals surface area contributed by atoms with Crippen LogP contribution in [0.2, 0.25) is 0 Å². The lowest BCUT2D eigenvalue weighted by Crippen LogP contribution is -2.60. The fourth-order valence-corrected chi connectivity index (χ4v) is 8.69. The zero-order valence-electron chi connectivity index (χ0n) is 26.4. The van der Waals surface area contributed by atoms with Gasteiger partial charge >= 0.3 is 0 Å². The van der Waals surface area contributed by atoms with Crippen molar-refractivity contribution in [2.45, 2.75) is 55.3 Å². The van der Waals surface area contributed by atoms with Crippen molar-refractivity contribution < 1.29 is 29.0 Å². The summed E-state index contributed by atoms with van der Waals surface area (Å²) in [5.74, 6) is -2.53. The third kappa shape index (κ3) is 6.14. The molecule has 5 rings (SSSR count). The topological polar surface area (TPSA) is 103 Å². The molecule has 246 valence electrons. The van der Waals surface area contributed by atoms with Gasteiger partial charge in [-0.25, -0.2) is 0 Å². The molecule has 4 aliphatic heterocycles. The fraction of sp³-hybridized carbons (Fsp3) is 0.618. The van der Waals surface area contributed by atoms with Crippen LogP contribution in [-0.4, -0.2) is 125 Å². The van der Waals surface area contributed by atoms with Gasteiger partial charge in [-0.2, -0.15) is 0 Å². The van der Waals surface area contributed by atoms with Crippen LogP contribution in [0.25, 0.3) is 0 Å². The van der Waals surface area contributed by atoms with E-state index in [1.807, 2.05) is 44.2 Å². The van der Waals surface area contributed by atoms with Gasteiger partial charge in [0, 0.05) is 49.8 Å². The van der Waals surface area contributed by atoms with Gasteiger partial charge in [0.15, 0.2) is 0 Å². The third-order valence-electron chi connectivity index (χ3n) is 10.2. The van der Waals surface area contributed by atoms with Crippen molar-refractivity contribution in [3.8, 4) is 0 Å². The number of nitrogens with zero attached hydrogens (tertiary/aromatic N) is 4. The first-order valence-corrected chi connectivity index (χ1v) is 17.1. The van der Waals surface area contributed by atoms with Gasteiger partial charge in [0.25, 0.3) is 0 Å². The van der Waals surface area contributed by atoms with Crippen molar-refractivity contribution in [1.29, 1.82) is 0 Å². The van der Waals surface area contributed by atoms with E-state index in [0.717, 1.165) is 13.1 Å². The van der Waals surface area contributed by atoms with Crippen molar-refractivity contribution in [1.82, 2.24) is 14.7 Å². The van der Waals surface area contributed by atoms with Gasteiger partial charge in [0.1, 0.15) is 11.6 Å². The lowest BCUT2D eigenvalue weighted by molar-refractivity contribution is -0.152. The number of para-hydroxylation sites is 1. The van der Waals surface area contributed by atoms with Crippen molar-refractivity contribution >= 4 is 39.3 Å². The number of benzene rings is 1. The molecule has 0 radical (unpaired) electrons. The third-order valence-corrected chi connectivity index (χ3v) is 11.0. The molecule has 1 aromatic rings. The number of fused-ring (bicyclic) bond motifs is 1. The minimum absolute atomic E-state index is 0.0848. The largest absolute Gasteiger partial charge is 0.394 e. The Labute approximate surface area is 275 Å². The standard InChI is InChI=1S/C34H47BrN4O6/c1-5-13-37(16-15-36-17-19-44-20-18-36)33(43)30-34-21-25(35)29(45-34)27(28(34)32(42)39(30)26(22-40)23(4)7-3)31(41)38(14-6-2)24-11-9-8-10-12-24/h5-6,8-12,23,25-30,40H,1-2,7,13-22H2,3-4H3/t23-,25?,26-,27-,28-,29-,30?,34?/m0/s1. The SMILES string of the molecule is C=CCN(CCN1CCOCC1)C(=O)C1N([C@@H](CO)[C@@H](C)CC)C(=O)[C@@H]2[C@H](C(=O)N(CC=C)c3ccccc3)[C@H]3OC12CC3Br. The fourth-order valence-electron chi connectivity index (χ4n) is 7.75. The average molecular weight is 688 g/mol. The molecule has 11 heteroatoms. The van der Waals surface area contributed by atoms with Gasteiger partial charge in [-0.1, -0.05) is 66.5 Å². The average Bonchev–Trinajstić information content (AvgIpc) is 3.65. The molecule has 1 N–H and O–H groups in total. The van der Waals surface area contributed by atoms with Gasteiger partial charge < -0.3 is 29.3 Å². The Morgan fingerprint density at radius 1 is 1.16 bits per heavy atom. The van der Waals surface area contributed by atoms with Crippen LogP contribution in [0.15, 0.2) is 55.6 Å². The second kappa shape index (κ2) is 14.5. The Morgan fingerprint density at radius 3 is 2.47 bits per heavy atom. The summed E-state index contributed by atoms with van der Waals surface area (Å²) in [7, 11) is 0. The highest BCUT2D eigenvalue weighted by Gasteiger charge is 2.77. The number of halogens is 1. The van der Waals surface area contributed by atoms with Crippen LogP contribution in [0.3, 0.4) is 0 Å². The molecular formula is C34H47BrN4O6. The second-order valence-electron chi connectivity index (χ2n) is 12.6. The number of rotatable bonds is 14. The van der Waals surface area contributed by atoms with Gasteiger partial charge in [-0.3, -0.25) is 19.3 Å². The van der Waals surface area contributed by atoms with E-state index >= 15 is 0 Å². The highest BCUT2D eigenvalue weighted by molar-refractivity contribution is 9.09. The zero-order chi connectivity index (χ0) is 32.3. The second-order valence-corrected chi connectivity index (χ2v) is 13.8. The molecule has 0 saturated carbocycles.